The van der Waals surface area contributed by atoms with Gasteiger partial charge in [0.15, 0.2) is 0 Å². The number of aliphatic carboxylic acids is 1. The number of benzene rings is 1. The first-order valence-corrected chi connectivity index (χ1v) is 8.14. The summed E-state index contributed by atoms with van der Waals surface area (Å²) < 4.78 is 0. The maximum absolute atomic E-state index is 12.6. The third-order valence-corrected chi connectivity index (χ3v) is 3.95. The summed E-state index contributed by atoms with van der Waals surface area (Å²) in [5.74, 6) is -0.793. The summed E-state index contributed by atoms with van der Waals surface area (Å²) in [7, 11) is 0. The molecule has 0 bridgehead atoms. The van der Waals surface area contributed by atoms with E-state index in [0.717, 1.165) is 23.2 Å². The van der Waals surface area contributed by atoms with Gasteiger partial charge >= 0.3 is 5.97 Å². The molecule has 0 spiro atoms. The molecule has 0 aliphatic heterocycles. The Kier molecular flexibility index (Phi) is 9.63. The van der Waals surface area contributed by atoms with Crippen LogP contribution in [0.3, 0.4) is 0 Å². The van der Waals surface area contributed by atoms with Gasteiger partial charge in [-0.3, -0.25) is 14.5 Å². The number of nitrogens with one attached hydrogen (secondary N) is 1. The Morgan fingerprint density at radius 1 is 1.25 bits per heavy atom. The van der Waals surface area contributed by atoms with Crippen molar-refractivity contribution in [2.45, 2.75) is 53.0 Å². The summed E-state index contributed by atoms with van der Waals surface area (Å²) >= 11 is 0. The molecule has 2 N–H and O–H groups in total. The molecule has 1 unspecified atom stereocenters. The molecule has 0 aromatic heterocycles. The number of halogens is 1. The van der Waals surface area contributed by atoms with E-state index in [9.17, 15) is 9.59 Å². The smallest absolute Gasteiger partial charge is 0.317 e. The molecule has 0 heterocycles. The summed E-state index contributed by atoms with van der Waals surface area (Å²) in [4.78, 5) is 25.3. The van der Waals surface area contributed by atoms with Crippen LogP contribution in [0, 0.1) is 6.92 Å². The van der Waals surface area contributed by atoms with E-state index in [0.29, 0.717) is 12.5 Å². The predicted molar refractivity (Wildman–Crippen MR) is 100 cm³/mol. The van der Waals surface area contributed by atoms with Gasteiger partial charge in [0, 0.05) is 5.69 Å². The van der Waals surface area contributed by atoms with Crippen LogP contribution in [-0.4, -0.2) is 41.0 Å². The van der Waals surface area contributed by atoms with Crippen LogP contribution in [-0.2, 0) is 9.59 Å². The predicted octanol–water partition coefficient (Wildman–Crippen LogP) is 3.66. The average Bonchev–Trinajstić information content (AvgIpc) is 2.47. The number of anilines is 1. The number of hydrogen-bond acceptors (Lipinski definition) is 3. The minimum atomic E-state index is -0.920. The van der Waals surface area contributed by atoms with Crippen molar-refractivity contribution in [3.63, 3.8) is 0 Å². The van der Waals surface area contributed by atoms with Crippen LogP contribution in [0.15, 0.2) is 18.2 Å². The lowest BCUT2D eigenvalue weighted by Crippen LogP contribution is -2.45. The van der Waals surface area contributed by atoms with Crippen LogP contribution in [0.2, 0.25) is 0 Å². The average molecular weight is 357 g/mol. The number of carbonyl (C=O) groups excluding carboxylic acids is 1. The molecule has 136 valence electrons. The van der Waals surface area contributed by atoms with E-state index >= 15 is 0 Å². The normalized spacial score (nSPS) is 12.0. The van der Waals surface area contributed by atoms with Crippen molar-refractivity contribution in [3.05, 3.63) is 29.3 Å². The quantitative estimate of drug-likeness (QED) is 0.745. The second kappa shape index (κ2) is 10.3. The molecule has 0 fully saturated rings. The number of hydrogen-bond donors (Lipinski definition) is 2. The first-order chi connectivity index (χ1) is 10.8. The third kappa shape index (κ3) is 6.13. The highest BCUT2D eigenvalue weighted by Gasteiger charge is 2.24. The van der Waals surface area contributed by atoms with Gasteiger partial charge in [0.25, 0.3) is 0 Å². The number of rotatable bonds is 8. The molecule has 0 radical (unpaired) electrons. The van der Waals surface area contributed by atoms with Gasteiger partial charge in [-0.2, -0.15) is 0 Å². The van der Waals surface area contributed by atoms with Crippen LogP contribution < -0.4 is 5.32 Å². The second-order valence-electron chi connectivity index (χ2n) is 6.22. The Balaban J connectivity index is 0.00000529. The maximum atomic E-state index is 12.6. The fraction of sp³-hybridized carbons (Fsp3) is 0.556. The van der Waals surface area contributed by atoms with Crippen molar-refractivity contribution in [1.29, 1.82) is 0 Å². The standard InChI is InChI=1S/C18H28N2O3.ClH/c1-6-10-20(11-16(21)22)14(5)18(23)19-17-13(4)8-7-9-15(17)12(2)3;/h7-9,12,14H,6,10-11H2,1-5H3,(H,19,23)(H,21,22);1H. The van der Waals surface area contributed by atoms with Crippen molar-refractivity contribution in [3.8, 4) is 0 Å². The van der Waals surface area contributed by atoms with E-state index in [1.165, 1.54) is 0 Å². The Morgan fingerprint density at radius 3 is 2.38 bits per heavy atom. The van der Waals surface area contributed by atoms with Crippen LogP contribution in [0.4, 0.5) is 5.69 Å². The van der Waals surface area contributed by atoms with E-state index in [4.69, 9.17) is 5.11 Å². The van der Waals surface area contributed by atoms with Gasteiger partial charge in [0.2, 0.25) is 5.91 Å². The second-order valence-corrected chi connectivity index (χ2v) is 6.22. The first-order valence-electron chi connectivity index (χ1n) is 8.14. The lowest BCUT2D eigenvalue weighted by Gasteiger charge is -2.27. The van der Waals surface area contributed by atoms with Gasteiger partial charge in [-0.1, -0.05) is 39.0 Å². The third-order valence-electron chi connectivity index (χ3n) is 3.95. The number of amides is 1. The highest BCUT2D eigenvalue weighted by atomic mass is 35.5. The summed E-state index contributed by atoms with van der Waals surface area (Å²) in [6.07, 6.45) is 0.798. The summed E-state index contributed by atoms with van der Waals surface area (Å²) in [6.45, 7) is 10.3. The lowest BCUT2D eigenvalue weighted by molar-refractivity contribution is -0.139. The van der Waals surface area contributed by atoms with Crippen LogP contribution in [0.25, 0.3) is 0 Å². The van der Waals surface area contributed by atoms with Gasteiger partial charge in [-0.05, 0) is 43.9 Å². The zero-order valence-electron chi connectivity index (χ0n) is 15.1. The molecule has 0 aliphatic rings. The molecule has 1 aromatic carbocycles. The molecule has 1 atom stereocenters. The van der Waals surface area contributed by atoms with Crippen LogP contribution >= 0.6 is 12.4 Å². The highest BCUT2D eigenvalue weighted by molar-refractivity contribution is 5.96. The minimum absolute atomic E-state index is 0. The van der Waals surface area contributed by atoms with Gasteiger partial charge in [0.1, 0.15) is 0 Å². The zero-order chi connectivity index (χ0) is 17.6. The fourth-order valence-electron chi connectivity index (χ4n) is 2.61. The maximum Gasteiger partial charge on any atom is 0.317 e. The SMILES string of the molecule is CCCN(CC(=O)O)C(C)C(=O)Nc1c(C)cccc1C(C)C.Cl. The van der Waals surface area contributed by atoms with E-state index in [2.05, 4.69) is 19.2 Å². The first kappa shape index (κ1) is 22.4. The van der Waals surface area contributed by atoms with E-state index < -0.39 is 12.0 Å². The van der Waals surface area contributed by atoms with Crippen LogP contribution in [0.1, 0.15) is 51.2 Å². The van der Waals surface area contributed by atoms with Gasteiger partial charge in [0.05, 0.1) is 12.6 Å². The number of nitrogens with zero attached hydrogens (tertiary/aromatic N) is 1. The van der Waals surface area contributed by atoms with E-state index in [1.54, 1.807) is 11.8 Å². The molecule has 0 aliphatic carbocycles. The van der Waals surface area contributed by atoms with Gasteiger partial charge in [-0.25, -0.2) is 0 Å². The largest absolute Gasteiger partial charge is 0.480 e. The van der Waals surface area contributed by atoms with Gasteiger partial charge in [-0.15, -0.1) is 12.4 Å². The van der Waals surface area contributed by atoms with E-state index in [1.807, 2.05) is 32.0 Å². The molecule has 1 amide bonds. The zero-order valence-corrected chi connectivity index (χ0v) is 15.9. The molecular weight excluding hydrogens is 328 g/mol. The molecule has 24 heavy (non-hydrogen) atoms. The Hall–Kier alpha value is -1.59. The topological polar surface area (TPSA) is 69.6 Å². The number of carbonyl (C=O) groups is 2. The van der Waals surface area contributed by atoms with Crippen molar-refractivity contribution in [2.24, 2.45) is 0 Å². The van der Waals surface area contributed by atoms with E-state index in [-0.39, 0.29) is 24.9 Å². The summed E-state index contributed by atoms with van der Waals surface area (Å²) in [5, 5.41) is 12.0. The number of carboxylic acid groups (broad SMARTS) is 1. The van der Waals surface area contributed by atoms with Gasteiger partial charge < -0.3 is 10.4 Å². The number of carboxylic acids is 1. The van der Waals surface area contributed by atoms with Crippen molar-refractivity contribution >= 4 is 30.0 Å². The number of para-hydroxylation sites is 1. The molecule has 1 aromatic rings. The molecule has 0 saturated heterocycles. The van der Waals surface area contributed by atoms with Crippen molar-refractivity contribution in [1.82, 2.24) is 4.90 Å². The minimum Gasteiger partial charge on any atom is -0.480 e. The monoisotopic (exact) mass is 356 g/mol. The number of aryl methyl sites for hydroxylation is 1. The molecule has 6 heteroatoms. The molecular formula is C18H29ClN2O3. The summed E-state index contributed by atoms with van der Waals surface area (Å²) in [5.41, 5.74) is 2.94. The Labute approximate surface area is 150 Å². The lowest BCUT2D eigenvalue weighted by atomic mass is 9.98. The highest BCUT2D eigenvalue weighted by Crippen LogP contribution is 2.27. The molecule has 1 rings (SSSR count). The fourth-order valence-corrected chi connectivity index (χ4v) is 2.61. The van der Waals surface area contributed by atoms with Crippen molar-refractivity contribution in [2.75, 3.05) is 18.4 Å². The van der Waals surface area contributed by atoms with Crippen LogP contribution in [0.5, 0.6) is 0 Å². The molecule has 0 saturated carbocycles. The van der Waals surface area contributed by atoms with Crippen molar-refractivity contribution < 1.29 is 14.7 Å². The summed E-state index contributed by atoms with van der Waals surface area (Å²) in [6, 6.07) is 5.47. The molecule has 5 nitrogen and oxygen atoms in total. The Bertz CT molecular complexity index is 561. The Morgan fingerprint density at radius 2 is 1.88 bits per heavy atom.